The predicted molar refractivity (Wildman–Crippen MR) is 249 cm³/mol. The third kappa shape index (κ3) is 8.57. The maximum atomic E-state index is 14.5. The number of halogens is 2. The van der Waals surface area contributed by atoms with E-state index in [-0.39, 0.29) is 37.2 Å². The lowest BCUT2D eigenvalue weighted by Crippen LogP contribution is -2.32. The van der Waals surface area contributed by atoms with Crippen molar-refractivity contribution in [3.63, 3.8) is 0 Å². The maximum Gasteiger partial charge on any atom is 0.202 e. The second-order valence-electron chi connectivity index (χ2n) is 19.4. The standard InChI is InChI=1S/C57H58F2O7/c1-54(2,39-5-9-42(10-6-39)57(29-26-38-32-46(59)18-24-52(38)57)44-15-21-49(22-16-44)66-53-27-30-61-53)64-34-47(60)33-62-48-19-13-43(14-20-48)56(28-25-37-31-45(58)17-23-51(37)56)41-11-7-40(8-12-41)55(3,4)65-36-50-35-63-50/h5-24,31-32,47,50,53,60H,25-30,33-36H2,1-4H3. The van der Waals surface area contributed by atoms with Crippen molar-refractivity contribution in [2.75, 3.05) is 33.0 Å². The summed E-state index contributed by atoms with van der Waals surface area (Å²) < 4.78 is 64.5. The topological polar surface area (TPSA) is 78.9 Å². The zero-order valence-corrected chi connectivity index (χ0v) is 38.2. The second kappa shape index (κ2) is 17.7. The molecule has 4 aliphatic rings. The molecule has 2 aliphatic heterocycles. The quantitative estimate of drug-likeness (QED) is 0.0914. The fraction of sp³-hybridized carbons (Fsp3) is 0.368. The molecule has 2 fully saturated rings. The lowest BCUT2D eigenvalue weighted by molar-refractivity contribution is -0.165. The Labute approximate surface area is 386 Å². The molecule has 10 rings (SSSR count). The minimum atomic E-state index is -0.879. The van der Waals surface area contributed by atoms with Gasteiger partial charge in [0.25, 0.3) is 0 Å². The van der Waals surface area contributed by atoms with Crippen molar-refractivity contribution in [3.05, 3.63) is 201 Å². The van der Waals surface area contributed by atoms with Crippen LogP contribution in [0.1, 0.15) is 103 Å². The summed E-state index contributed by atoms with van der Waals surface area (Å²) in [6.45, 7) is 10.3. The molecule has 5 unspecified atom stereocenters. The monoisotopic (exact) mass is 892 g/mol. The first kappa shape index (κ1) is 44.4. The Balaban J connectivity index is 0.805. The average molecular weight is 893 g/mol. The Morgan fingerprint density at radius 1 is 0.606 bits per heavy atom. The lowest BCUT2D eigenvalue weighted by atomic mass is 9.70. The molecule has 7 nitrogen and oxygen atoms in total. The average Bonchev–Trinajstić information content (AvgIpc) is 3.97. The summed E-state index contributed by atoms with van der Waals surface area (Å²) in [7, 11) is 0. The number of aliphatic hydroxyl groups excluding tert-OH is 1. The Kier molecular flexibility index (Phi) is 11.9. The van der Waals surface area contributed by atoms with Crippen LogP contribution in [0.4, 0.5) is 8.78 Å². The van der Waals surface area contributed by atoms with Crippen molar-refractivity contribution in [2.24, 2.45) is 0 Å². The van der Waals surface area contributed by atoms with E-state index in [1.54, 1.807) is 24.3 Å². The molecular formula is C57H58F2O7. The van der Waals surface area contributed by atoms with E-state index in [0.717, 1.165) is 107 Å². The summed E-state index contributed by atoms with van der Waals surface area (Å²) >= 11 is 0. The largest absolute Gasteiger partial charge is 0.491 e. The molecule has 0 saturated carbocycles. The van der Waals surface area contributed by atoms with E-state index in [0.29, 0.717) is 12.4 Å². The van der Waals surface area contributed by atoms with E-state index in [9.17, 15) is 13.9 Å². The third-order valence-corrected chi connectivity index (χ3v) is 14.5. The minimum Gasteiger partial charge on any atom is -0.491 e. The molecule has 0 amide bonds. The number of hydrogen-bond acceptors (Lipinski definition) is 7. The van der Waals surface area contributed by atoms with Gasteiger partial charge in [0.2, 0.25) is 6.29 Å². The highest BCUT2D eigenvalue weighted by atomic mass is 19.1. The zero-order valence-electron chi connectivity index (χ0n) is 38.2. The molecule has 5 atom stereocenters. The number of rotatable bonds is 17. The molecule has 0 radical (unpaired) electrons. The molecule has 9 heteroatoms. The van der Waals surface area contributed by atoms with Gasteiger partial charge in [-0.05, 0) is 158 Å². The summed E-state index contributed by atoms with van der Waals surface area (Å²) in [5.74, 6) is 0.943. The highest BCUT2D eigenvalue weighted by molar-refractivity contribution is 5.59. The van der Waals surface area contributed by atoms with Gasteiger partial charge in [-0.15, -0.1) is 0 Å². The van der Waals surface area contributed by atoms with Gasteiger partial charge in [-0.1, -0.05) is 84.9 Å². The predicted octanol–water partition coefficient (Wildman–Crippen LogP) is 11.0. The lowest BCUT2D eigenvalue weighted by Gasteiger charge is -2.34. The number of aliphatic hydroxyl groups is 1. The highest BCUT2D eigenvalue weighted by Gasteiger charge is 2.44. The number of aryl methyl sites for hydroxylation is 2. The maximum absolute atomic E-state index is 14.5. The van der Waals surface area contributed by atoms with E-state index in [1.165, 1.54) is 0 Å². The van der Waals surface area contributed by atoms with Crippen molar-refractivity contribution in [1.29, 1.82) is 0 Å². The van der Waals surface area contributed by atoms with Gasteiger partial charge in [0.1, 0.15) is 41.9 Å². The van der Waals surface area contributed by atoms with E-state index in [4.69, 9.17) is 28.4 Å². The summed E-state index contributed by atoms with van der Waals surface area (Å²) in [4.78, 5) is 0. The van der Waals surface area contributed by atoms with Crippen LogP contribution in [-0.4, -0.2) is 56.6 Å². The minimum absolute atomic E-state index is 0.0494. The first-order chi connectivity index (χ1) is 31.8. The number of fused-ring (bicyclic) bond motifs is 2. The molecule has 0 bridgehead atoms. The smallest absolute Gasteiger partial charge is 0.202 e. The van der Waals surface area contributed by atoms with E-state index >= 15 is 0 Å². The summed E-state index contributed by atoms with van der Waals surface area (Å²) in [5.41, 5.74) is 8.62. The molecule has 2 aliphatic carbocycles. The van der Waals surface area contributed by atoms with Gasteiger partial charge < -0.3 is 33.5 Å². The van der Waals surface area contributed by atoms with Gasteiger partial charge in [-0.3, -0.25) is 0 Å². The van der Waals surface area contributed by atoms with Crippen LogP contribution >= 0.6 is 0 Å². The highest BCUT2D eigenvalue weighted by Crippen LogP contribution is 2.51. The molecule has 2 saturated heterocycles. The number of benzene rings is 6. The van der Waals surface area contributed by atoms with Crippen LogP contribution in [0.3, 0.4) is 0 Å². The van der Waals surface area contributed by atoms with Crippen LogP contribution < -0.4 is 9.47 Å². The molecule has 2 heterocycles. The van der Waals surface area contributed by atoms with Gasteiger partial charge >= 0.3 is 0 Å². The zero-order chi connectivity index (χ0) is 45.7. The van der Waals surface area contributed by atoms with Crippen LogP contribution in [-0.2, 0) is 53.8 Å². The van der Waals surface area contributed by atoms with E-state index in [1.807, 2.05) is 50.2 Å². The first-order valence-electron chi connectivity index (χ1n) is 23.3. The van der Waals surface area contributed by atoms with Crippen molar-refractivity contribution in [3.8, 4) is 11.5 Å². The van der Waals surface area contributed by atoms with Crippen LogP contribution in [0, 0.1) is 11.6 Å². The van der Waals surface area contributed by atoms with Crippen molar-refractivity contribution in [2.45, 2.75) is 100 Å². The van der Waals surface area contributed by atoms with Gasteiger partial charge in [0, 0.05) is 17.3 Å². The normalized spacial score (nSPS) is 22.6. The van der Waals surface area contributed by atoms with Crippen LogP contribution in [0.25, 0.3) is 0 Å². The van der Waals surface area contributed by atoms with Crippen molar-refractivity contribution >= 4 is 0 Å². The summed E-state index contributed by atoms with van der Waals surface area (Å²) in [6.07, 6.45) is 3.12. The molecule has 66 heavy (non-hydrogen) atoms. The number of epoxide rings is 1. The number of hydrogen-bond donors (Lipinski definition) is 1. The Bertz CT molecular complexity index is 2660. The molecule has 6 aromatic rings. The fourth-order valence-electron chi connectivity index (χ4n) is 10.4. The Hall–Kier alpha value is -5.42. The Morgan fingerprint density at radius 3 is 1.52 bits per heavy atom. The van der Waals surface area contributed by atoms with Gasteiger partial charge in [-0.25, -0.2) is 8.78 Å². The van der Waals surface area contributed by atoms with E-state index < -0.39 is 28.1 Å². The molecule has 0 spiro atoms. The van der Waals surface area contributed by atoms with E-state index in [2.05, 4.69) is 86.6 Å². The SMILES string of the molecule is CC(C)(OCC(O)COc1ccc(C2(c3ccc(C(C)(C)OCC4CO4)cc3)CCc3cc(F)ccc32)cc1)c1ccc(C2(c3ccc(OC4CCO4)cc3)CCc3cc(F)ccc32)cc1. The fourth-order valence-corrected chi connectivity index (χ4v) is 10.4. The molecular weight excluding hydrogens is 835 g/mol. The van der Waals surface area contributed by atoms with Crippen LogP contribution in [0.2, 0.25) is 0 Å². The summed E-state index contributed by atoms with van der Waals surface area (Å²) in [6, 6.07) is 43.7. The number of ether oxygens (including phenoxy) is 6. The third-order valence-electron chi connectivity index (χ3n) is 14.5. The second-order valence-corrected chi connectivity index (χ2v) is 19.4. The van der Waals surface area contributed by atoms with Crippen molar-refractivity contribution in [1.82, 2.24) is 0 Å². The first-order valence-corrected chi connectivity index (χ1v) is 23.3. The van der Waals surface area contributed by atoms with Gasteiger partial charge in [0.05, 0.1) is 37.6 Å². The molecule has 342 valence electrons. The van der Waals surface area contributed by atoms with Crippen LogP contribution in [0.15, 0.2) is 133 Å². The van der Waals surface area contributed by atoms with Crippen molar-refractivity contribution < 1.29 is 42.3 Å². The summed E-state index contributed by atoms with van der Waals surface area (Å²) in [5, 5.41) is 11.1. The van der Waals surface area contributed by atoms with Gasteiger partial charge in [-0.2, -0.15) is 0 Å². The molecule has 6 aromatic carbocycles. The Morgan fingerprint density at radius 2 is 1.06 bits per heavy atom. The van der Waals surface area contributed by atoms with Crippen LogP contribution in [0.5, 0.6) is 11.5 Å². The van der Waals surface area contributed by atoms with Gasteiger partial charge in [0.15, 0.2) is 0 Å². The molecule has 0 aromatic heterocycles. The molecule has 1 N–H and O–H groups in total.